The summed E-state index contributed by atoms with van der Waals surface area (Å²) in [5.74, 6) is 2.06. The molecular formula is C19H26N2O3S. The lowest BCUT2D eigenvalue weighted by Crippen LogP contribution is -2.32. The quantitative estimate of drug-likeness (QED) is 0.876. The molecule has 2 saturated carbocycles. The molecule has 1 N–H and O–H groups in total. The minimum absolute atomic E-state index is 0.0714. The molecule has 3 atom stereocenters. The van der Waals surface area contributed by atoms with Crippen molar-refractivity contribution in [1.29, 1.82) is 0 Å². The van der Waals surface area contributed by atoms with E-state index in [1.54, 1.807) is 17.0 Å². The van der Waals surface area contributed by atoms with E-state index >= 15 is 0 Å². The second kappa shape index (κ2) is 6.40. The van der Waals surface area contributed by atoms with Crippen LogP contribution < -0.4 is 9.62 Å². The fraction of sp³-hybridized carbons (Fsp3) is 0.632. The summed E-state index contributed by atoms with van der Waals surface area (Å²) in [5.41, 5.74) is 1.41. The molecule has 1 aromatic rings. The van der Waals surface area contributed by atoms with Crippen LogP contribution in [-0.2, 0) is 14.8 Å². The molecular weight excluding hydrogens is 336 g/mol. The van der Waals surface area contributed by atoms with Crippen molar-refractivity contribution in [3.63, 3.8) is 0 Å². The molecule has 0 spiro atoms. The van der Waals surface area contributed by atoms with Gasteiger partial charge in [-0.05, 0) is 68.1 Å². The number of nitrogens with one attached hydrogen (secondary N) is 1. The van der Waals surface area contributed by atoms with Gasteiger partial charge < -0.3 is 4.90 Å². The third-order valence-corrected chi connectivity index (χ3v) is 7.83. The highest BCUT2D eigenvalue weighted by atomic mass is 32.2. The maximum atomic E-state index is 12.9. The zero-order chi connectivity index (χ0) is 17.6. The van der Waals surface area contributed by atoms with E-state index in [1.165, 1.54) is 19.3 Å². The van der Waals surface area contributed by atoms with Gasteiger partial charge in [-0.25, -0.2) is 13.1 Å². The minimum atomic E-state index is -3.55. The molecule has 2 bridgehead atoms. The molecule has 136 valence electrons. The van der Waals surface area contributed by atoms with Crippen LogP contribution in [0.2, 0.25) is 0 Å². The minimum Gasteiger partial charge on any atom is -0.312 e. The van der Waals surface area contributed by atoms with E-state index in [9.17, 15) is 13.2 Å². The summed E-state index contributed by atoms with van der Waals surface area (Å²) in [4.78, 5) is 13.9. The van der Waals surface area contributed by atoms with E-state index in [0.717, 1.165) is 24.3 Å². The summed E-state index contributed by atoms with van der Waals surface area (Å²) in [6.07, 6.45) is 6.38. The van der Waals surface area contributed by atoms with Crippen molar-refractivity contribution < 1.29 is 13.2 Å². The summed E-state index contributed by atoms with van der Waals surface area (Å²) in [7, 11) is -3.55. The number of rotatable bonds is 5. The summed E-state index contributed by atoms with van der Waals surface area (Å²) in [5, 5.41) is 0. The third kappa shape index (κ3) is 3.22. The van der Waals surface area contributed by atoms with Gasteiger partial charge in [-0.1, -0.05) is 12.5 Å². The van der Waals surface area contributed by atoms with Gasteiger partial charge in [0.05, 0.1) is 4.90 Å². The molecule has 2 aliphatic carbocycles. The maximum absolute atomic E-state index is 12.9. The van der Waals surface area contributed by atoms with Crippen molar-refractivity contribution in [2.75, 3.05) is 18.0 Å². The standard InChI is InChI=1S/C19H26N2O3S/c1-13-4-7-17(21-8-2-3-19(21)22)11-18(13)25(23,24)20-12-16-10-14-5-6-15(16)9-14/h4,7,11,14-16,20H,2-3,5-6,8-10,12H2,1H3/t14-,15-,16+/m0/s1. The lowest BCUT2D eigenvalue weighted by atomic mass is 9.89. The fourth-order valence-corrected chi connectivity index (χ4v) is 6.25. The predicted octanol–water partition coefficient (Wildman–Crippen LogP) is 2.84. The molecule has 0 radical (unpaired) electrons. The lowest BCUT2D eigenvalue weighted by molar-refractivity contribution is -0.117. The number of benzene rings is 1. The first-order valence-electron chi connectivity index (χ1n) is 9.35. The predicted molar refractivity (Wildman–Crippen MR) is 96.9 cm³/mol. The Balaban J connectivity index is 1.52. The molecule has 6 heteroatoms. The smallest absolute Gasteiger partial charge is 0.240 e. The van der Waals surface area contributed by atoms with Gasteiger partial charge in [-0.3, -0.25) is 4.79 Å². The summed E-state index contributed by atoms with van der Waals surface area (Å²) < 4.78 is 28.5. The average molecular weight is 362 g/mol. The van der Waals surface area contributed by atoms with Gasteiger partial charge in [0, 0.05) is 25.2 Å². The number of aryl methyl sites for hydroxylation is 1. The maximum Gasteiger partial charge on any atom is 0.240 e. The molecule has 1 aromatic carbocycles. The van der Waals surface area contributed by atoms with E-state index in [2.05, 4.69) is 4.72 Å². The molecule has 1 aliphatic heterocycles. The van der Waals surface area contributed by atoms with Crippen LogP contribution in [-0.4, -0.2) is 27.4 Å². The van der Waals surface area contributed by atoms with Crippen LogP contribution in [0.1, 0.15) is 44.1 Å². The Kier molecular flexibility index (Phi) is 4.36. The second-order valence-electron chi connectivity index (χ2n) is 7.89. The van der Waals surface area contributed by atoms with Gasteiger partial charge in [-0.2, -0.15) is 0 Å². The SMILES string of the molecule is Cc1ccc(N2CCCC2=O)cc1S(=O)(=O)NC[C@H]1C[C@H]2CC[C@H]1C2. The second-order valence-corrected chi connectivity index (χ2v) is 9.62. The molecule has 3 aliphatic rings. The zero-order valence-electron chi connectivity index (χ0n) is 14.7. The molecule has 25 heavy (non-hydrogen) atoms. The van der Waals surface area contributed by atoms with Crippen molar-refractivity contribution in [1.82, 2.24) is 4.72 Å². The molecule has 1 heterocycles. The number of hydrogen-bond donors (Lipinski definition) is 1. The van der Waals surface area contributed by atoms with Crippen LogP contribution in [0.25, 0.3) is 0 Å². The van der Waals surface area contributed by atoms with Gasteiger partial charge in [0.15, 0.2) is 0 Å². The van der Waals surface area contributed by atoms with Gasteiger partial charge >= 0.3 is 0 Å². The van der Waals surface area contributed by atoms with E-state index in [1.807, 2.05) is 13.0 Å². The molecule has 0 unspecified atom stereocenters. The monoisotopic (exact) mass is 362 g/mol. The molecule has 3 fully saturated rings. The molecule has 1 saturated heterocycles. The first-order valence-corrected chi connectivity index (χ1v) is 10.8. The van der Waals surface area contributed by atoms with E-state index < -0.39 is 10.0 Å². The fourth-order valence-electron chi connectivity index (χ4n) is 4.89. The van der Waals surface area contributed by atoms with E-state index in [0.29, 0.717) is 41.9 Å². The molecule has 0 aromatic heterocycles. The van der Waals surface area contributed by atoms with E-state index in [4.69, 9.17) is 0 Å². The molecule has 4 rings (SSSR count). The van der Waals surface area contributed by atoms with Gasteiger partial charge in [-0.15, -0.1) is 0 Å². The Morgan fingerprint density at radius 2 is 2.08 bits per heavy atom. The highest BCUT2D eigenvalue weighted by Crippen LogP contribution is 2.48. The number of fused-ring (bicyclic) bond motifs is 2. The number of carbonyl (C=O) groups is 1. The zero-order valence-corrected chi connectivity index (χ0v) is 15.5. The topological polar surface area (TPSA) is 66.5 Å². The third-order valence-electron chi connectivity index (χ3n) is 6.27. The van der Waals surface area contributed by atoms with Crippen molar-refractivity contribution in [3.05, 3.63) is 23.8 Å². The largest absolute Gasteiger partial charge is 0.312 e. The Bertz CT molecular complexity index is 790. The van der Waals surface area contributed by atoms with Gasteiger partial charge in [0.2, 0.25) is 15.9 Å². The first kappa shape index (κ1) is 17.0. The number of nitrogens with zero attached hydrogens (tertiary/aromatic N) is 1. The number of anilines is 1. The highest BCUT2D eigenvalue weighted by Gasteiger charge is 2.39. The highest BCUT2D eigenvalue weighted by molar-refractivity contribution is 7.89. The Hall–Kier alpha value is -1.40. The Morgan fingerprint density at radius 3 is 2.72 bits per heavy atom. The molecule has 1 amide bonds. The number of carbonyl (C=O) groups excluding carboxylic acids is 1. The summed E-state index contributed by atoms with van der Waals surface area (Å²) >= 11 is 0. The average Bonchev–Trinajstić information content (AvgIpc) is 3.30. The lowest BCUT2D eigenvalue weighted by Gasteiger charge is -2.22. The van der Waals surface area contributed by atoms with Crippen molar-refractivity contribution in [3.8, 4) is 0 Å². The number of amides is 1. The summed E-state index contributed by atoms with van der Waals surface area (Å²) in [6.45, 7) is 3.01. The summed E-state index contributed by atoms with van der Waals surface area (Å²) in [6, 6.07) is 5.29. The normalized spacial score (nSPS) is 28.9. The van der Waals surface area contributed by atoms with Crippen LogP contribution in [0.5, 0.6) is 0 Å². The van der Waals surface area contributed by atoms with Gasteiger partial charge in [0.25, 0.3) is 0 Å². The first-order chi connectivity index (χ1) is 11.9. The van der Waals surface area contributed by atoms with Gasteiger partial charge in [0.1, 0.15) is 0 Å². The van der Waals surface area contributed by atoms with Crippen LogP contribution in [0.3, 0.4) is 0 Å². The Morgan fingerprint density at radius 1 is 1.24 bits per heavy atom. The van der Waals surface area contributed by atoms with E-state index in [-0.39, 0.29) is 5.91 Å². The van der Waals surface area contributed by atoms with Crippen LogP contribution in [0.15, 0.2) is 23.1 Å². The number of hydrogen-bond acceptors (Lipinski definition) is 3. The van der Waals surface area contributed by atoms with Crippen molar-refractivity contribution in [2.24, 2.45) is 17.8 Å². The molecule has 5 nitrogen and oxygen atoms in total. The van der Waals surface area contributed by atoms with Crippen LogP contribution in [0, 0.1) is 24.7 Å². The van der Waals surface area contributed by atoms with Crippen molar-refractivity contribution >= 4 is 21.6 Å². The van der Waals surface area contributed by atoms with Crippen molar-refractivity contribution in [2.45, 2.75) is 50.3 Å². The van der Waals surface area contributed by atoms with Crippen LogP contribution >= 0.6 is 0 Å². The number of sulfonamides is 1. The Labute approximate surface area is 149 Å². The van der Waals surface area contributed by atoms with Crippen LogP contribution in [0.4, 0.5) is 5.69 Å².